The summed E-state index contributed by atoms with van der Waals surface area (Å²) in [5, 5.41) is 13.9. The normalized spacial score (nSPS) is 12.0. The van der Waals surface area contributed by atoms with Crippen LogP contribution in [0.15, 0.2) is 48.8 Å². The number of rotatable bonds is 5. The number of halogens is 1. The van der Waals surface area contributed by atoms with Crippen LogP contribution in [0.5, 0.6) is 5.75 Å². The molecule has 6 heteroatoms. The van der Waals surface area contributed by atoms with E-state index in [1.165, 1.54) is 0 Å². The minimum Gasteiger partial charge on any atom is -0.484 e. The number of benzene rings is 1. The van der Waals surface area contributed by atoms with Gasteiger partial charge in [0.15, 0.2) is 0 Å². The Bertz CT molecular complexity index is 868. The highest BCUT2D eigenvalue weighted by Gasteiger charge is 2.16. The van der Waals surface area contributed by atoms with Crippen molar-refractivity contribution in [2.75, 3.05) is 6.54 Å². The number of nitrogens with zero attached hydrogens (tertiary/aromatic N) is 3. The van der Waals surface area contributed by atoms with Crippen LogP contribution in [0.4, 0.5) is 0 Å². The lowest BCUT2D eigenvalue weighted by Gasteiger charge is -2.20. The molecule has 0 aliphatic carbocycles. The van der Waals surface area contributed by atoms with Crippen LogP contribution < -0.4 is 10.5 Å². The largest absolute Gasteiger partial charge is 0.484 e. The van der Waals surface area contributed by atoms with Crippen LogP contribution in [-0.4, -0.2) is 16.2 Å². The maximum absolute atomic E-state index is 9.23. The number of aromatic nitrogens is 2. The highest BCUT2D eigenvalue weighted by Crippen LogP contribution is 2.30. The molecule has 3 rings (SSSR count). The van der Waals surface area contributed by atoms with Crippen molar-refractivity contribution in [2.45, 2.75) is 12.5 Å². The molecular weight excluding hydrogens is 312 g/mol. The van der Waals surface area contributed by atoms with Crippen molar-refractivity contribution in [3.63, 3.8) is 0 Å². The summed E-state index contributed by atoms with van der Waals surface area (Å²) < 4.78 is 7.83. The van der Waals surface area contributed by atoms with Gasteiger partial charge in [-0.1, -0.05) is 11.6 Å². The Labute approximate surface area is 138 Å². The van der Waals surface area contributed by atoms with Gasteiger partial charge in [-0.25, -0.2) is 4.52 Å². The molecule has 1 unspecified atom stereocenters. The molecule has 0 radical (unpaired) electrons. The Morgan fingerprint density at radius 2 is 2.17 bits per heavy atom. The van der Waals surface area contributed by atoms with Crippen molar-refractivity contribution in [1.29, 1.82) is 5.26 Å². The summed E-state index contributed by atoms with van der Waals surface area (Å²) in [5.74, 6) is 0.465. The lowest BCUT2D eigenvalue weighted by Crippen LogP contribution is -2.14. The van der Waals surface area contributed by atoms with E-state index in [0.29, 0.717) is 29.3 Å². The fraction of sp³-hybridized carbons (Fsp3) is 0.176. The van der Waals surface area contributed by atoms with E-state index in [1.54, 1.807) is 28.9 Å². The molecule has 2 heterocycles. The lowest BCUT2D eigenvalue weighted by molar-refractivity contribution is 0.197. The second-order valence-corrected chi connectivity index (χ2v) is 5.53. The van der Waals surface area contributed by atoms with Gasteiger partial charge in [-0.2, -0.15) is 10.4 Å². The number of nitriles is 1. The van der Waals surface area contributed by atoms with E-state index in [4.69, 9.17) is 22.1 Å². The van der Waals surface area contributed by atoms with Gasteiger partial charge in [0.1, 0.15) is 17.9 Å². The number of hydrogen-bond acceptors (Lipinski definition) is 4. The molecule has 1 aromatic carbocycles. The molecule has 0 saturated heterocycles. The molecule has 0 fully saturated rings. The van der Waals surface area contributed by atoms with Crippen molar-refractivity contribution in [2.24, 2.45) is 5.73 Å². The molecule has 0 aliphatic rings. The second-order valence-electron chi connectivity index (χ2n) is 5.10. The van der Waals surface area contributed by atoms with Gasteiger partial charge in [0.05, 0.1) is 11.1 Å². The number of hydrogen-bond donors (Lipinski definition) is 1. The highest BCUT2D eigenvalue weighted by atomic mass is 35.5. The minimum atomic E-state index is -0.259. The zero-order valence-corrected chi connectivity index (χ0v) is 13.1. The zero-order chi connectivity index (χ0) is 16.2. The van der Waals surface area contributed by atoms with E-state index in [1.807, 2.05) is 24.4 Å². The summed E-state index contributed by atoms with van der Waals surface area (Å²) in [6, 6.07) is 13.0. The molecule has 116 valence electrons. The molecular formula is C17H15ClN4O. The number of fused-ring (bicyclic) bond motifs is 1. The number of pyridine rings is 1. The first-order valence-electron chi connectivity index (χ1n) is 7.21. The molecule has 3 aromatic rings. The summed E-state index contributed by atoms with van der Waals surface area (Å²) in [5.41, 5.74) is 8.12. The molecule has 0 spiro atoms. The summed E-state index contributed by atoms with van der Waals surface area (Å²) in [6.45, 7) is 0.470. The summed E-state index contributed by atoms with van der Waals surface area (Å²) in [4.78, 5) is 0. The van der Waals surface area contributed by atoms with Gasteiger partial charge in [-0.15, -0.1) is 0 Å². The van der Waals surface area contributed by atoms with Gasteiger partial charge in [0.2, 0.25) is 0 Å². The van der Waals surface area contributed by atoms with Crippen LogP contribution in [0.2, 0.25) is 5.02 Å². The van der Waals surface area contributed by atoms with E-state index >= 15 is 0 Å². The quantitative estimate of drug-likeness (QED) is 0.780. The van der Waals surface area contributed by atoms with Crippen LogP contribution in [-0.2, 0) is 0 Å². The molecule has 0 saturated carbocycles. The summed E-state index contributed by atoms with van der Waals surface area (Å²) >= 11 is 6.02. The molecule has 5 nitrogen and oxygen atoms in total. The van der Waals surface area contributed by atoms with Crippen LogP contribution in [0.1, 0.15) is 23.7 Å². The minimum absolute atomic E-state index is 0.259. The fourth-order valence-electron chi connectivity index (χ4n) is 2.42. The Balaban J connectivity index is 1.95. The van der Waals surface area contributed by atoms with E-state index in [2.05, 4.69) is 11.2 Å². The molecule has 2 N–H and O–H groups in total. The molecule has 0 aliphatic heterocycles. The Kier molecular flexibility index (Phi) is 4.47. The maximum Gasteiger partial charge on any atom is 0.139 e. The second kappa shape index (κ2) is 6.69. The first-order chi connectivity index (χ1) is 11.2. The van der Waals surface area contributed by atoms with Gasteiger partial charge in [0, 0.05) is 29.9 Å². The van der Waals surface area contributed by atoms with Crippen LogP contribution in [0.25, 0.3) is 5.52 Å². The molecule has 2 aromatic heterocycles. The fourth-order valence-corrected chi connectivity index (χ4v) is 2.59. The monoisotopic (exact) mass is 326 g/mol. The third kappa shape index (κ3) is 3.29. The van der Waals surface area contributed by atoms with E-state index in [0.717, 1.165) is 11.1 Å². The summed E-state index contributed by atoms with van der Waals surface area (Å²) in [7, 11) is 0. The molecule has 23 heavy (non-hydrogen) atoms. The smallest absolute Gasteiger partial charge is 0.139 e. The third-order valence-electron chi connectivity index (χ3n) is 3.56. The summed E-state index contributed by atoms with van der Waals surface area (Å²) in [6.07, 6.45) is 3.98. The first-order valence-corrected chi connectivity index (χ1v) is 7.58. The standard InChI is InChI=1S/C17H15ClN4O/c18-14-2-1-13(11-20)17(10-14)23-16(3-6-19)12-5-8-22-15(9-12)4-7-21-22/h1-2,4-5,7-10,16H,3,6,19H2. The lowest BCUT2D eigenvalue weighted by atomic mass is 10.1. The van der Waals surface area contributed by atoms with E-state index < -0.39 is 0 Å². The zero-order valence-electron chi connectivity index (χ0n) is 12.3. The average Bonchev–Trinajstić information content (AvgIpc) is 3.02. The van der Waals surface area contributed by atoms with Crippen molar-refractivity contribution in [3.05, 3.63) is 64.9 Å². The maximum atomic E-state index is 9.23. The molecule has 1 atom stereocenters. The van der Waals surface area contributed by atoms with Crippen molar-refractivity contribution in [3.8, 4) is 11.8 Å². The van der Waals surface area contributed by atoms with Crippen LogP contribution >= 0.6 is 11.6 Å². The van der Waals surface area contributed by atoms with E-state index in [9.17, 15) is 5.26 Å². The Morgan fingerprint density at radius 1 is 1.30 bits per heavy atom. The highest BCUT2D eigenvalue weighted by molar-refractivity contribution is 6.30. The predicted molar refractivity (Wildman–Crippen MR) is 88.4 cm³/mol. The van der Waals surface area contributed by atoms with Crippen molar-refractivity contribution in [1.82, 2.24) is 9.61 Å². The molecule has 0 amide bonds. The first kappa shape index (κ1) is 15.3. The van der Waals surface area contributed by atoms with Gasteiger partial charge in [-0.05, 0) is 42.4 Å². The number of nitrogens with two attached hydrogens (primary N) is 1. The SMILES string of the molecule is N#Cc1ccc(Cl)cc1OC(CCN)c1ccn2nccc2c1. The van der Waals surface area contributed by atoms with Gasteiger partial charge in [-0.3, -0.25) is 0 Å². The number of ether oxygens (including phenoxy) is 1. The van der Waals surface area contributed by atoms with Crippen molar-refractivity contribution < 1.29 is 4.74 Å². The van der Waals surface area contributed by atoms with E-state index in [-0.39, 0.29) is 6.10 Å². The Hall–Kier alpha value is -2.55. The topological polar surface area (TPSA) is 76.3 Å². The van der Waals surface area contributed by atoms with Crippen LogP contribution in [0.3, 0.4) is 0 Å². The van der Waals surface area contributed by atoms with Crippen molar-refractivity contribution >= 4 is 17.1 Å². The van der Waals surface area contributed by atoms with Gasteiger partial charge < -0.3 is 10.5 Å². The molecule has 0 bridgehead atoms. The predicted octanol–water partition coefficient (Wildman–Crippen LogP) is 3.33. The van der Waals surface area contributed by atoms with Gasteiger partial charge in [0.25, 0.3) is 0 Å². The third-order valence-corrected chi connectivity index (χ3v) is 3.79. The Morgan fingerprint density at radius 3 is 2.96 bits per heavy atom. The van der Waals surface area contributed by atoms with Crippen LogP contribution in [0, 0.1) is 11.3 Å². The van der Waals surface area contributed by atoms with Gasteiger partial charge >= 0.3 is 0 Å². The average molecular weight is 327 g/mol.